The van der Waals surface area contributed by atoms with Crippen LogP contribution in [-0.2, 0) is 4.74 Å². The summed E-state index contributed by atoms with van der Waals surface area (Å²) in [4.78, 5) is 0. The SMILES string of the molecule is CCCC(O)C(C)C1CCOC1. The van der Waals surface area contributed by atoms with Crippen molar-refractivity contribution >= 4 is 0 Å². The minimum atomic E-state index is -0.123. The number of aliphatic hydroxyl groups is 1. The highest BCUT2D eigenvalue weighted by Gasteiger charge is 2.26. The third-order valence-corrected chi connectivity index (χ3v) is 2.90. The first-order chi connectivity index (χ1) is 5.75. The lowest BCUT2D eigenvalue weighted by Crippen LogP contribution is -2.25. The highest BCUT2D eigenvalue weighted by molar-refractivity contribution is 4.75. The lowest BCUT2D eigenvalue weighted by molar-refractivity contribution is 0.0673. The second kappa shape index (κ2) is 4.83. The van der Waals surface area contributed by atoms with Crippen LogP contribution in [0.2, 0.25) is 0 Å². The standard InChI is InChI=1S/C10H20O2/c1-3-4-10(11)8(2)9-5-6-12-7-9/h8-11H,3-7H2,1-2H3. The second-order valence-corrected chi connectivity index (χ2v) is 3.84. The van der Waals surface area contributed by atoms with Crippen molar-refractivity contribution < 1.29 is 9.84 Å². The van der Waals surface area contributed by atoms with E-state index in [1.54, 1.807) is 0 Å². The van der Waals surface area contributed by atoms with Gasteiger partial charge in [0.15, 0.2) is 0 Å². The molecule has 0 aromatic rings. The van der Waals surface area contributed by atoms with Gasteiger partial charge in [0.05, 0.1) is 6.10 Å². The van der Waals surface area contributed by atoms with Crippen molar-refractivity contribution in [3.8, 4) is 0 Å². The largest absolute Gasteiger partial charge is 0.393 e. The fourth-order valence-corrected chi connectivity index (χ4v) is 1.84. The van der Waals surface area contributed by atoms with Gasteiger partial charge in [0.25, 0.3) is 0 Å². The van der Waals surface area contributed by atoms with Crippen molar-refractivity contribution in [2.75, 3.05) is 13.2 Å². The van der Waals surface area contributed by atoms with Crippen LogP contribution in [0.4, 0.5) is 0 Å². The molecule has 1 heterocycles. The molecule has 0 amide bonds. The van der Waals surface area contributed by atoms with Crippen molar-refractivity contribution in [2.24, 2.45) is 11.8 Å². The smallest absolute Gasteiger partial charge is 0.0569 e. The molecule has 0 aliphatic carbocycles. The molecule has 0 aromatic carbocycles. The Labute approximate surface area is 74.9 Å². The Morgan fingerprint density at radius 3 is 2.83 bits per heavy atom. The van der Waals surface area contributed by atoms with E-state index in [1.807, 2.05) is 0 Å². The zero-order valence-corrected chi connectivity index (χ0v) is 8.12. The summed E-state index contributed by atoms with van der Waals surface area (Å²) < 4.78 is 5.30. The third-order valence-electron chi connectivity index (χ3n) is 2.90. The van der Waals surface area contributed by atoms with Gasteiger partial charge in [0, 0.05) is 13.2 Å². The summed E-state index contributed by atoms with van der Waals surface area (Å²) in [5, 5.41) is 9.72. The van der Waals surface area contributed by atoms with E-state index in [0.29, 0.717) is 11.8 Å². The minimum absolute atomic E-state index is 0.123. The molecule has 1 fully saturated rings. The Morgan fingerprint density at radius 1 is 1.58 bits per heavy atom. The van der Waals surface area contributed by atoms with Crippen LogP contribution in [0.25, 0.3) is 0 Å². The van der Waals surface area contributed by atoms with Gasteiger partial charge in [-0.1, -0.05) is 20.3 Å². The van der Waals surface area contributed by atoms with E-state index < -0.39 is 0 Å². The fraction of sp³-hybridized carbons (Fsp3) is 1.00. The van der Waals surface area contributed by atoms with Gasteiger partial charge in [-0.25, -0.2) is 0 Å². The van der Waals surface area contributed by atoms with E-state index in [9.17, 15) is 5.11 Å². The molecule has 1 aliphatic heterocycles. The third kappa shape index (κ3) is 2.46. The van der Waals surface area contributed by atoms with Gasteiger partial charge in [-0.2, -0.15) is 0 Å². The second-order valence-electron chi connectivity index (χ2n) is 3.84. The Kier molecular flexibility index (Phi) is 4.02. The number of ether oxygens (including phenoxy) is 1. The van der Waals surface area contributed by atoms with Gasteiger partial charge in [-0.05, 0) is 24.7 Å². The van der Waals surface area contributed by atoms with Crippen LogP contribution in [-0.4, -0.2) is 24.4 Å². The van der Waals surface area contributed by atoms with Gasteiger partial charge in [0.2, 0.25) is 0 Å². The van der Waals surface area contributed by atoms with Gasteiger partial charge in [-0.3, -0.25) is 0 Å². The molecular formula is C10H20O2. The average Bonchev–Trinajstić information content (AvgIpc) is 2.55. The highest BCUT2D eigenvalue weighted by Crippen LogP contribution is 2.25. The lowest BCUT2D eigenvalue weighted by atomic mass is 9.87. The highest BCUT2D eigenvalue weighted by atomic mass is 16.5. The van der Waals surface area contributed by atoms with Crippen molar-refractivity contribution in [3.05, 3.63) is 0 Å². The Morgan fingerprint density at radius 2 is 2.33 bits per heavy atom. The molecule has 2 nitrogen and oxygen atoms in total. The molecule has 1 saturated heterocycles. The van der Waals surface area contributed by atoms with E-state index in [0.717, 1.165) is 32.5 Å². The summed E-state index contributed by atoms with van der Waals surface area (Å²) in [5.74, 6) is 0.999. The normalized spacial score (nSPS) is 28.8. The molecule has 0 aromatic heterocycles. The number of hydrogen-bond donors (Lipinski definition) is 1. The first kappa shape index (κ1) is 10.0. The minimum Gasteiger partial charge on any atom is -0.393 e. The summed E-state index contributed by atoms with van der Waals surface area (Å²) in [6, 6.07) is 0. The predicted octanol–water partition coefficient (Wildman–Crippen LogP) is 1.82. The van der Waals surface area contributed by atoms with Crippen molar-refractivity contribution in [3.63, 3.8) is 0 Å². The van der Waals surface area contributed by atoms with Gasteiger partial charge in [-0.15, -0.1) is 0 Å². The number of hydrogen-bond acceptors (Lipinski definition) is 2. The molecule has 1 N–H and O–H groups in total. The van der Waals surface area contributed by atoms with Crippen molar-refractivity contribution in [1.29, 1.82) is 0 Å². The molecule has 1 aliphatic rings. The Hall–Kier alpha value is -0.0800. The maximum absolute atomic E-state index is 9.72. The van der Waals surface area contributed by atoms with E-state index >= 15 is 0 Å². The molecule has 72 valence electrons. The van der Waals surface area contributed by atoms with Crippen LogP contribution in [0.3, 0.4) is 0 Å². The van der Waals surface area contributed by atoms with Crippen LogP contribution >= 0.6 is 0 Å². The summed E-state index contributed by atoms with van der Waals surface area (Å²) in [7, 11) is 0. The Balaban J connectivity index is 2.29. The van der Waals surface area contributed by atoms with Crippen LogP contribution in [0.15, 0.2) is 0 Å². The topological polar surface area (TPSA) is 29.5 Å². The van der Waals surface area contributed by atoms with Gasteiger partial charge in [0.1, 0.15) is 0 Å². The monoisotopic (exact) mass is 172 g/mol. The van der Waals surface area contributed by atoms with E-state index in [4.69, 9.17) is 4.74 Å². The van der Waals surface area contributed by atoms with Crippen LogP contribution in [0.5, 0.6) is 0 Å². The summed E-state index contributed by atoms with van der Waals surface area (Å²) >= 11 is 0. The summed E-state index contributed by atoms with van der Waals surface area (Å²) in [5.41, 5.74) is 0. The van der Waals surface area contributed by atoms with Crippen LogP contribution < -0.4 is 0 Å². The maximum atomic E-state index is 9.72. The molecule has 3 atom stereocenters. The van der Waals surface area contributed by atoms with Gasteiger partial charge < -0.3 is 9.84 Å². The lowest BCUT2D eigenvalue weighted by Gasteiger charge is -2.22. The maximum Gasteiger partial charge on any atom is 0.0569 e. The molecule has 1 rings (SSSR count). The van der Waals surface area contributed by atoms with Crippen molar-refractivity contribution in [2.45, 2.75) is 39.2 Å². The summed E-state index contributed by atoms with van der Waals surface area (Å²) in [6.45, 7) is 5.98. The van der Waals surface area contributed by atoms with Crippen molar-refractivity contribution in [1.82, 2.24) is 0 Å². The predicted molar refractivity (Wildman–Crippen MR) is 49.0 cm³/mol. The summed E-state index contributed by atoms with van der Waals surface area (Å²) in [6.07, 6.45) is 3.00. The number of aliphatic hydroxyl groups excluding tert-OH is 1. The molecular weight excluding hydrogens is 152 g/mol. The van der Waals surface area contributed by atoms with Gasteiger partial charge >= 0.3 is 0 Å². The molecule has 2 heteroatoms. The molecule has 0 spiro atoms. The molecule has 3 unspecified atom stereocenters. The Bertz CT molecular complexity index is 119. The molecule has 0 radical (unpaired) electrons. The fourth-order valence-electron chi connectivity index (χ4n) is 1.84. The molecule has 0 saturated carbocycles. The average molecular weight is 172 g/mol. The zero-order chi connectivity index (χ0) is 8.97. The molecule has 12 heavy (non-hydrogen) atoms. The first-order valence-electron chi connectivity index (χ1n) is 5.01. The first-order valence-corrected chi connectivity index (χ1v) is 5.01. The zero-order valence-electron chi connectivity index (χ0n) is 8.12. The van der Waals surface area contributed by atoms with E-state index in [1.165, 1.54) is 0 Å². The van der Waals surface area contributed by atoms with Crippen LogP contribution in [0.1, 0.15) is 33.1 Å². The number of rotatable bonds is 4. The van der Waals surface area contributed by atoms with E-state index in [2.05, 4.69) is 13.8 Å². The molecule has 0 bridgehead atoms. The van der Waals surface area contributed by atoms with E-state index in [-0.39, 0.29) is 6.10 Å². The quantitative estimate of drug-likeness (QED) is 0.701. The van der Waals surface area contributed by atoms with Crippen LogP contribution in [0, 0.1) is 11.8 Å².